The van der Waals surface area contributed by atoms with Gasteiger partial charge in [-0.15, -0.1) is 0 Å². The van der Waals surface area contributed by atoms with Crippen molar-refractivity contribution in [2.75, 3.05) is 0 Å². The summed E-state index contributed by atoms with van der Waals surface area (Å²) in [6.07, 6.45) is 0. The second-order valence-electron chi connectivity index (χ2n) is 4.98. The summed E-state index contributed by atoms with van der Waals surface area (Å²) in [5.74, 6) is -0.898. The summed E-state index contributed by atoms with van der Waals surface area (Å²) in [6.45, 7) is 2.02. The van der Waals surface area contributed by atoms with Crippen molar-refractivity contribution in [3.63, 3.8) is 0 Å². The first-order valence-corrected chi connectivity index (χ1v) is 7.45. The molecule has 0 fully saturated rings. The van der Waals surface area contributed by atoms with Crippen molar-refractivity contribution in [1.29, 1.82) is 0 Å². The molecular weight excluding hydrogens is 282 g/mol. The lowest BCUT2D eigenvalue weighted by Crippen LogP contribution is -2.05. The lowest BCUT2D eigenvalue weighted by Gasteiger charge is -2.03. The van der Waals surface area contributed by atoms with Crippen LogP contribution in [0.1, 0.15) is 16.1 Å². The van der Waals surface area contributed by atoms with Gasteiger partial charge in [-0.25, -0.2) is 4.79 Å². The fraction of sp³-hybridized carbons (Fsp3) is 0.118. The van der Waals surface area contributed by atoms with Gasteiger partial charge in [-0.3, -0.25) is 0 Å². The average molecular weight is 297 g/mol. The van der Waals surface area contributed by atoms with E-state index in [-0.39, 0.29) is 0 Å². The molecule has 0 atom stereocenters. The molecule has 0 unspecified atom stereocenters. The maximum Gasteiger partial charge on any atom is 0.353 e. The predicted octanol–water partition coefficient (Wildman–Crippen LogP) is 4.34. The van der Waals surface area contributed by atoms with E-state index in [1.54, 1.807) is 11.6 Å². The van der Waals surface area contributed by atoms with Gasteiger partial charge in [-0.2, -0.15) is 0 Å². The van der Waals surface area contributed by atoms with Crippen LogP contribution < -0.4 is 0 Å². The minimum absolute atomic E-state index is 0.337. The number of carbonyl (C=O) groups is 1. The van der Waals surface area contributed by atoms with Crippen LogP contribution in [-0.2, 0) is 7.05 Å². The SMILES string of the molecule is Cc1ccc2c(c1)c(Sc1ccccc1)c(C(=O)O)n2C. The molecule has 1 aromatic heterocycles. The van der Waals surface area contributed by atoms with Gasteiger partial charge in [0.1, 0.15) is 5.69 Å². The van der Waals surface area contributed by atoms with E-state index in [4.69, 9.17) is 0 Å². The Kier molecular flexibility index (Phi) is 3.47. The largest absolute Gasteiger partial charge is 0.477 e. The number of rotatable bonds is 3. The van der Waals surface area contributed by atoms with Crippen LogP contribution >= 0.6 is 11.8 Å². The molecule has 0 bridgehead atoms. The van der Waals surface area contributed by atoms with Crippen LogP contribution in [0, 0.1) is 6.92 Å². The number of hydrogen-bond acceptors (Lipinski definition) is 2. The van der Waals surface area contributed by atoms with Gasteiger partial charge in [0.2, 0.25) is 0 Å². The second-order valence-corrected chi connectivity index (χ2v) is 6.06. The van der Waals surface area contributed by atoms with E-state index in [1.807, 2.05) is 55.5 Å². The van der Waals surface area contributed by atoms with Crippen LogP contribution in [0.5, 0.6) is 0 Å². The minimum atomic E-state index is -0.898. The summed E-state index contributed by atoms with van der Waals surface area (Å²) in [6, 6.07) is 15.9. The molecule has 3 nitrogen and oxygen atoms in total. The maximum atomic E-state index is 11.7. The van der Waals surface area contributed by atoms with Crippen LogP contribution in [0.2, 0.25) is 0 Å². The van der Waals surface area contributed by atoms with Crippen molar-refractivity contribution in [2.45, 2.75) is 16.7 Å². The molecular formula is C17H15NO2S. The fourth-order valence-electron chi connectivity index (χ4n) is 2.47. The standard InChI is InChI=1S/C17H15NO2S/c1-11-8-9-14-13(10-11)16(15(17(19)20)18(14)2)21-12-6-4-3-5-7-12/h3-10H,1-2H3,(H,19,20). The van der Waals surface area contributed by atoms with Gasteiger partial charge in [0.05, 0.1) is 4.90 Å². The van der Waals surface area contributed by atoms with Gasteiger partial charge in [-0.1, -0.05) is 41.6 Å². The Hall–Kier alpha value is -2.20. The van der Waals surface area contributed by atoms with E-state index in [2.05, 4.69) is 0 Å². The summed E-state index contributed by atoms with van der Waals surface area (Å²) in [7, 11) is 1.80. The number of carboxylic acids is 1. The van der Waals surface area contributed by atoms with E-state index in [0.29, 0.717) is 5.69 Å². The monoisotopic (exact) mass is 297 g/mol. The highest BCUT2D eigenvalue weighted by molar-refractivity contribution is 7.99. The van der Waals surface area contributed by atoms with E-state index in [9.17, 15) is 9.90 Å². The minimum Gasteiger partial charge on any atom is -0.477 e. The zero-order valence-corrected chi connectivity index (χ0v) is 12.6. The van der Waals surface area contributed by atoms with Crippen LogP contribution in [0.25, 0.3) is 10.9 Å². The first-order valence-electron chi connectivity index (χ1n) is 6.63. The molecule has 0 saturated heterocycles. The van der Waals surface area contributed by atoms with Gasteiger partial charge in [0, 0.05) is 22.8 Å². The Morgan fingerprint density at radius 2 is 1.86 bits per heavy atom. The summed E-state index contributed by atoms with van der Waals surface area (Å²) in [5.41, 5.74) is 2.40. The smallest absolute Gasteiger partial charge is 0.353 e. The molecule has 106 valence electrons. The molecule has 0 saturated carbocycles. The molecule has 1 heterocycles. The molecule has 0 amide bonds. The lowest BCUT2D eigenvalue weighted by molar-refractivity contribution is 0.0683. The highest BCUT2D eigenvalue weighted by Gasteiger charge is 2.21. The highest BCUT2D eigenvalue weighted by Crippen LogP contribution is 2.38. The van der Waals surface area contributed by atoms with Crippen molar-refractivity contribution < 1.29 is 9.90 Å². The van der Waals surface area contributed by atoms with Crippen molar-refractivity contribution >= 4 is 28.6 Å². The lowest BCUT2D eigenvalue weighted by atomic mass is 10.2. The maximum absolute atomic E-state index is 11.7. The third kappa shape index (κ3) is 2.43. The number of nitrogens with zero attached hydrogens (tertiary/aromatic N) is 1. The second kappa shape index (κ2) is 5.30. The highest BCUT2D eigenvalue weighted by atomic mass is 32.2. The van der Waals surface area contributed by atoms with Crippen molar-refractivity contribution in [3.05, 3.63) is 59.8 Å². The number of carboxylic acid groups (broad SMARTS) is 1. The summed E-state index contributed by atoms with van der Waals surface area (Å²) in [5, 5.41) is 10.6. The quantitative estimate of drug-likeness (QED) is 0.782. The molecule has 1 N–H and O–H groups in total. The fourth-order valence-corrected chi connectivity index (χ4v) is 3.60. The molecule has 3 rings (SSSR count). The molecule has 0 aliphatic carbocycles. The molecule has 0 aliphatic rings. The predicted molar refractivity (Wildman–Crippen MR) is 85.2 cm³/mol. The van der Waals surface area contributed by atoms with Crippen LogP contribution in [-0.4, -0.2) is 15.6 Å². The Balaban J connectivity index is 2.25. The topological polar surface area (TPSA) is 42.2 Å². The van der Waals surface area contributed by atoms with Gasteiger partial charge in [0.15, 0.2) is 0 Å². The molecule has 3 aromatic rings. The van der Waals surface area contributed by atoms with Crippen LogP contribution in [0.3, 0.4) is 0 Å². The number of aromatic nitrogens is 1. The first kappa shape index (κ1) is 13.8. The van der Waals surface area contributed by atoms with Gasteiger partial charge in [0.25, 0.3) is 0 Å². The number of aromatic carboxylic acids is 1. The van der Waals surface area contributed by atoms with Crippen LogP contribution in [0.4, 0.5) is 0 Å². The van der Waals surface area contributed by atoms with Crippen LogP contribution in [0.15, 0.2) is 58.3 Å². The molecule has 0 radical (unpaired) electrons. The number of hydrogen-bond donors (Lipinski definition) is 1. The molecule has 4 heteroatoms. The third-order valence-corrected chi connectivity index (χ3v) is 4.60. The van der Waals surface area contributed by atoms with Gasteiger partial charge in [-0.05, 0) is 31.2 Å². The van der Waals surface area contributed by atoms with E-state index in [1.165, 1.54) is 11.8 Å². The zero-order chi connectivity index (χ0) is 15.0. The zero-order valence-electron chi connectivity index (χ0n) is 11.8. The van der Waals surface area contributed by atoms with Gasteiger partial charge >= 0.3 is 5.97 Å². The molecule has 0 spiro atoms. The van der Waals surface area contributed by atoms with E-state index >= 15 is 0 Å². The Bertz CT molecular complexity index is 822. The normalized spacial score (nSPS) is 11.0. The molecule has 21 heavy (non-hydrogen) atoms. The van der Waals surface area contributed by atoms with Gasteiger partial charge < -0.3 is 9.67 Å². The first-order chi connectivity index (χ1) is 10.1. The third-order valence-electron chi connectivity index (χ3n) is 3.47. The van der Waals surface area contributed by atoms with E-state index < -0.39 is 5.97 Å². The Labute approximate surface area is 127 Å². The Morgan fingerprint density at radius 3 is 2.52 bits per heavy atom. The molecule has 0 aliphatic heterocycles. The number of aryl methyl sites for hydroxylation is 2. The summed E-state index contributed by atoms with van der Waals surface area (Å²) in [4.78, 5) is 13.5. The number of benzene rings is 2. The average Bonchev–Trinajstić information content (AvgIpc) is 2.72. The van der Waals surface area contributed by atoms with Crippen molar-refractivity contribution in [2.24, 2.45) is 7.05 Å². The van der Waals surface area contributed by atoms with E-state index in [0.717, 1.165) is 26.3 Å². The summed E-state index contributed by atoms with van der Waals surface area (Å²) < 4.78 is 1.75. The van der Waals surface area contributed by atoms with Crippen molar-refractivity contribution in [3.8, 4) is 0 Å². The summed E-state index contributed by atoms with van der Waals surface area (Å²) >= 11 is 1.50. The molecule has 2 aromatic carbocycles. The Morgan fingerprint density at radius 1 is 1.14 bits per heavy atom. The number of fused-ring (bicyclic) bond motifs is 1. The van der Waals surface area contributed by atoms with Crippen molar-refractivity contribution in [1.82, 2.24) is 4.57 Å².